The van der Waals surface area contributed by atoms with Gasteiger partial charge in [0.25, 0.3) is 5.56 Å². The van der Waals surface area contributed by atoms with E-state index in [1.807, 2.05) is 43.3 Å². The second kappa shape index (κ2) is 10.1. The van der Waals surface area contributed by atoms with Crippen LogP contribution in [0.2, 0.25) is 0 Å². The highest BCUT2D eigenvalue weighted by Gasteiger charge is 2.30. The lowest BCUT2D eigenvalue weighted by atomic mass is 10.1. The quantitative estimate of drug-likeness (QED) is 0.306. The number of ether oxygens (including phenoxy) is 1. The summed E-state index contributed by atoms with van der Waals surface area (Å²) in [4.78, 5) is 43.1. The van der Waals surface area contributed by atoms with Crippen molar-refractivity contribution in [3.63, 3.8) is 0 Å². The average Bonchev–Trinajstić information content (AvgIpc) is 2.82. The van der Waals surface area contributed by atoms with Crippen LogP contribution in [0.15, 0.2) is 69.8 Å². The van der Waals surface area contributed by atoms with Crippen molar-refractivity contribution in [2.45, 2.75) is 38.4 Å². The van der Waals surface area contributed by atoms with E-state index >= 15 is 0 Å². The topological polar surface area (TPSA) is 102 Å². The van der Waals surface area contributed by atoms with E-state index < -0.39 is 18.0 Å². The summed E-state index contributed by atoms with van der Waals surface area (Å²) in [5.41, 5.74) is 2.99. The van der Waals surface area contributed by atoms with Gasteiger partial charge >= 0.3 is 12.0 Å². The van der Waals surface area contributed by atoms with Crippen LogP contribution in [0.3, 0.4) is 0 Å². The zero-order valence-corrected chi connectivity index (χ0v) is 20.1. The smallest absolute Gasteiger partial charge is 0.337 e. The first kappa shape index (κ1) is 23.6. The number of nitrogens with one attached hydrogen (secondary N) is 2. The molecule has 2 heterocycles. The molecule has 2 N–H and O–H groups in total. The third-order valence-corrected chi connectivity index (χ3v) is 6.53. The summed E-state index contributed by atoms with van der Waals surface area (Å²) in [6, 6.07) is 14.0. The Morgan fingerprint density at radius 3 is 2.62 bits per heavy atom. The number of para-hydroxylation sites is 2. The second-order valence-electron chi connectivity index (χ2n) is 7.76. The summed E-state index contributed by atoms with van der Waals surface area (Å²) in [6.45, 7) is 5.73. The van der Waals surface area contributed by atoms with Crippen molar-refractivity contribution in [2.75, 3.05) is 12.4 Å². The highest BCUT2D eigenvalue weighted by molar-refractivity contribution is 7.99. The number of carbonyl (C=O) groups is 2. The number of hydrogen-bond acceptors (Lipinski definition) is 6. The lowest BCUT2D eigenvalue weighted by Gasteiger charge is -2.26. The number of rotatable bonds is 7. The number of amides is 2. The summed E-state index contributed by atoms with van der Waals surface area (Å²) in [5.74, 6) is -0.261. The van der Waals surface area contributed by atoms with Crippen LogP contribution < -0.4 is 16.2 Å². The Balaban J connectivity index is 1.83. The van der Waals surface area contributed by atoms with Gasteiger partial charge in [-0.1, -0.05) is 49.0 Å². The lowest BCUT2D eigenvalue weighted by Crippen LogP contribution is -2.49. The van der Waals surface area contributed by atoms with Crippen molar-refractivity contribution in [2.24, 2.45) is 0 Å². The summed E-state index contributed by atoms with van der Waals surface area (Å²) in [6.07, 6.45) is 0.747. The highest BCUT2D eigenvalue weighted by Crippen LogP contribution is 2.27. The number of aromatic nitrogens is 2. The number of benzene rings is 2. The first-order chi connectivity index (χ1) is 16.4. The van der Waals surface area contributed by atoms with Crippen LogP contribution in [0.5, 0.6) is 0 Å². The maximum Gasteiger partial charge on any atom is 0.337 e. The summed E-state index contributed by atoms with van der Waals surface area (Å²) in [7, 11) is 0. The van der Waals surface area contributed by atoms with Crippen LogP contribution in [-0.2, 0) is 16.0 Å². The van der Waals surface area contributed by atoms with Gasteiger partial charge in [0.15, 0.2) is 5.16 Å². The number of esters is 1. The molecule has 3 aromatic rings. The van der Waals surface area contributed by atoms with Crippen LogP contribution in [-0.4, -0.2) is 40.0 Å². The maximum absolute atomic E-state index is 13.6. The number of aryl methyl sites for hydroxylation is 1. The largest absolute Gasteiger partial charge is 0.463 e. The third kappa shape index (κ3) is 4.56. The fourth-order valence-corrected chi connectivity index (χ4v) is 4.95. The van der Waals surface area contributed by atoms with E-state index in [2.05, 4.69) is 10.6 Å². The zero-order valence-electron chi connectivity index (χ0n) is 19.3. The van der Waals surface area contributed by atoms with Gasteiger partial charge in [-0.05, 0) is 44.0 Å². The molecule has 8 nitrogen and oxygen atoms in total. The molecule has 0 aliphatic carbocycles. The minimum Gasteiger partial charge on any atom is -0.463 e. The lowest BCUT2D eigenvalue weighted by molar-refractivity contribution is -0.138. The standard InChI is InChI=1S/C25H26N4O4S/c1-4-16-10-6-9-13-20(16)29-22(30)17-11-7-8-12-18(17)28-25(29)34-14-19-21(23(31)33-5-2)15(3)26-24(32)27-19/h6-13,15H,4-5,14H2,1-3H3,(H2,26,27,32). The van der Waals surface area contributed by atoms with Crippen molar-refractivity contribution in [3.8, 4) is 5.69 Å². The predicted octanol–water partition coefficient (Wildman–Crippen LogP) is 3.56. The van der Waals surface area contributed by atoms with Crippen molar-refractivity contribution in [1.82, 2.24) is 20.2 Å². The fraction of sp³-hybridized carbons (Fsp3) is 0.280. The van der Waals surface area contributed by atoms with Gasteiger partial charge < -0.3 is 15.4 Å². The maximum atomic E-state index is 13.6. The van der Waals surface area contributed by atoms with E-state index in [0.29, 0.717) is 27.3 Å². The summed E-state index contributed by atoms with van der Waals surface area (Å²) in [5, 5.41) is 6.42. The molecule has 4 rings (SSSR count). The molecule has 0 spiro atoms. The number of nitrogens with zero attached hydrogens (tertiary/aromatic N) is 2. The van der Waals surface area contributed by atoms with Gasteiger partial charge in [0.05, 0.1) is 34.8 Å². The Morgan fingerprint density at radius 1 is 1.12 bits per heavy atom. The minimum absolute atomic E-state index is 0.170. The van der Waals surface area contributed by atoms with Gasteiger partial charge in [-0.3, -0.25) is 9.36 Å². The first-order valence-electron chi connectivity index (χ1n) is 11.1. The Labute approximate surface area is 201 Å². The van der Waals surface area contributed by atoms with Crippen molar-refractivity contribution >= 4 is 34.7 Å². The van der Waals surface area contributed by atoms with Gasteiger partial charge in [-0.2, -0.15) is 0 Å². The molecule has 0 fully saturated rings. The summed E-state index contributed by atoms with van der Waals surface area (Å²) < 4.78 is 6.82. The zero-order chi connectivity index (χ0) is 24.2. The van der Waals surface area contributed by atoms with Crippen molar-refractivity contribution in [3.05, 3.63) is 75.7 Å². The number of urea groups is 1. The molecule has 0 radical (unpaired) electrons. The summed E-state index contributed by atoms with van der Waals surface area (Å²) >= 11 is 1.28. The first-order valence-corrected chi connectivity index (χ1v) is 12.1. The van der Waals surface area contributed by atoms with E-state index in [1.54, 1.807) is 30.5 Å². The SMILES string of the molecule is CCOC(=O)C1=C(CSc2nc3ccccc3c(=O)n2-c2ccccc2CC)NC(=O)NC1C. The molecular formula is C25H26N4O4S. The number of carbonyl (C=O) groups excluding carboxylic acids is 2. The highest BCUT2D eigenvalue weighted by atomic mass is 32.2. The van der Waals surface area contributed by atoms with E-state index in [9.17, 15) is 14.4 Å². The molecular weight excluding hydrogens is 452 g/mol. The normalized spacial score (nSPS) is 15.7. The van der Waals surface area contributed by atoms with Crippen LogP contribution in [0.25, 0.3) is 16.6 Å². The second-order valence-corrected chi connectivity index (χ2v) is 8.70. The molecule has 34 heavy (non-hydrogen) atoms. The fourth-order valence-electron chi connectivity index (χ4n) is 3.98. The van der Waals surface area contributed by atoms with Gasteiger partial charge in [-0.15, -0.1) is 0 Å². The third-order valence-electron chi connectivity index (χ3n) is 5.57. The Hall–Kier alpha value is -3.59. The molecule has 9 heteroatoms. The molecule has 0 saturated heterocycles. The molecule has 1 unspecified atom stereocenters. The molecule has 2 aromatic carbocycles. The number of thioether (sulfide) groups is 1. The van der Waals surface area contributed by atoms with Crippen LogP contribution in [0.1, 0.15) is 26.3 Å². The van der Waals surface area contributed by atoms with E-state index in [-0.39, 0.29) is 17.9 Å². The Morgan fingerprint density at radius 2 is 1.85 bits per heavy atom. The van der Waals surface area contributed by atoms with Crippen molar-refractivity contribution < 1.29 is 14.3 Å². The van der Waals surface area contributed by atoms with Crippen LogP contribution in [0, 0.1) is 0 Å². The predicted molar refractivity (Wildman–Crippen MR) is 132 cm³/mol. The van der Waals surface area contributed by atoms with Gasteiger partial charge in [0, 0.05) is 11.4 Å². The van der Waals surface area contributed by atoms with Crippen LogP contribution >= 0.6 is 11.8 Å². The molecule has 0 saturated carbocycles. The Bertz CT molecular complexity index is 1350. The van der Waals surface area contributed by atoms with Gasteiger partial charge in [0.2, 0.25) is 0 Å². The monoisotopic (exact) mass is 478 g/mol. The molecule has 0 bridgehead atoms. The van der Waals surface area contributed by atoms with E-state index in [4.69, 9.17) is 9.72 Å². The molecule has 1 aliphatic rings. The molecule has 1 aromatic heterocycles. The number of fused-ring (bicyclic) bond motifs is 1. The van der Waals surface area contributed by atoms with E-state index in [0.717, 1.165) is 17.7 Å². The molecule has 2 amide bonds. The van der Waals surface area contributed by atoms with Crippen molar-refractivity contribution in [1.29, 1.82) is 0 Å². The molecule has 1 aliphatic heterocycles. The minimum atomic E-state index is -0.504. The van der Waals surface area contributed by atoms with Gasteiger partial charge in [-0.25, -0.2) is 14.6 Å². The van der Waals surface area contributed by atoms with Gasteiger partial charge in [0.1, 0.15) is 0 Å². The van der Waals surface area contributed by atoms with E-state index in [1.165, 1.54) is 11.8 Å². The average molecular weight is 479 g/mol. The Kier molecular flexibility index (Phi) is 7.02. The van der Waals surface area contributed by atoms with Crippen LogP contribution in [0.4, 0.5) is 4.79 Å². The number of hydrogen-bond donors (Lipinski definition) is 2. The molecule has 176 valence electrons. The molecule has 1 atom stereocenters.